The van der Waals surface area contributed by atoms with Gasteiger partial charge in [-0.1, -0.05) is 70.5 Å². The summed E-state index contributed by atoms with van der Waals surface area (Å²) in [6.45, 7) is 9.41. The van der Waals surface area contributed by atoms with Crippen LogP contribution in [0.1, 0.15) is 81.7 Å². The molecule has 0 radical (unpaired) electrons. The molecule has 0 fully saturated rings. The van der Waals surface area contributed by atoms with Crippen LogP contribution in [0.2, 0.25) is 0 Å². The highest BCUT2D eigenvalue weighted by atomic mass is 32.1. The lowest BCUT2D eigenvalue weighted by molar-refractivity contribution is 0.698. The molecule has 0 unspecified atom stereocenters. The minimum Gasteiger partial charge on any atom is -0.322 e. The molecule has 0 aliphatic heterocycles. The van der Waals surface area contributed by atoms with E-state index in [9.17, 15) is 0 Å². The van der Waals surface area contributed by atoms with Gasteiger partial charge in [0.05, 0.1) is 17.1 Å². The van der Waals surface area contributed by atoms with Crippen LogP contribution in [0.15, 0.2) is 47.4 Å². The van der Waals surface area contributed by atoms with Crippen molar-refractivity contribution in [2.24, 2.45) is 0 Å². The van der Waals surface area contributed by atoms with Crippen LogP contribution in [-0.4, -0.2) is 15.3 Å². The number of nitrogens with one attached hydrogen (secondary N) is 1. The first-order chi connectivity index (χ1) is 15.5. The van der Waals surface area contributed by atoms with Crippen LogP contribution < -0.4 is 0 Å². The second kappa shape index (κ2) is 11.5. The number of hydrogen-bond acceptors (Lipinski definition) is 3. The molecule has 0 atom stereocenters. The zero-order valence-corrected chi connectivity index (χ0v) is 20.9. The van der Waals surface area contributed by atoms with E-state index in [0.717, 1.165) is 60.8 Å². The van der Waals surface area contributed by atoms with E-state index in [0.29, 0.717) is 5.71 Å². The summed E-state index contributed by atoms with van der Waals surface area (Å²) in [6, 6.07) is 15.2. The number of aromatic nitrogens is 2. The zero-order valence-electron chi connectivity index (χ0n) is 20.0. The second-order valence-electron chi connectivity index (χ2n) is 8.46. The van der Waals surface area contributed by atoms with Crippen LogP contribution in [0.25, 0.3) is 11.1 Å². The standard InChI is InChI=1S/C28H37N3S/c1-5-9-13-21-18-20(16-17-22(21)23-14-10-11-15-26(23)32)19-31-27(12-6-2)30-25(8-4)28(31)24(29)7-3/h10-11,14-18,29,32H,5-9,12-13,19H2,1-4H3. The Bertz CT molecular complexity index is 1060. The third-order valence-corrected chi connectivity index (χ3v) is 6.46. The molecular formula is C28H37N3S. The summed E-state index contributed by atoms with van der Waals surface area (Å²) in [5.41, 5.74) is 7.91. The topological polar surface area (TPSA) is 41.7 Å². The minimum atomic E-state index is 0.684. The van der Waals surface area contributed by atoms with Gasteiger partial charge in [-0.15, -0.1) is 12.6 Å². The first-order valence-corrected chi connectivity index (χ1v) is 12.5. The van der Waals surface area contributed by atoms with Gasteiger partial charge in [-0.2, -0.15) is 0 Å². The van der Waals surface area contributed by atoms with Gasteiger partial charge < -0.3 is 9.98 Å². The van der Waals surface area contributed by atoms with Gasteiger partial charge in [0, 0.05) is 17.9 Å². The predicted octanol–water partition coefficient (Wildman–Crippen LogP) is 7.52. The van der Waals surface area contributed by atoms with Gasteiger partial charge in [0.25, 0.3) is 0 Å². The van der Waals surface area contributed by atoms with Crippen LogP contribution in [0.4, 0.5) is 0 Å². The van der Waals surface area contributed by atoms with Crippen molar-refractivity contribution in [3.63, 3.8) is 0 Å². The van der Waals surface area contributed by atoms with E-state index in [4.69, 9.17) is 23.0 Å². The zero-order chi connectivity index (χ0) is 23.1. The molecule has 0 amide bonds. The maximum Gasteiger partial charge on any atom is 0.109 e. The number of imidazole rings is 1. The SMILES string of the molecule is CCCCc1cc(Cn2c(CCC)nc(CC)c2C(=N)CC)ccc1-c1ccccc1S. The number of aryl methyl sites for hydroxylation is 3. The van der Waals surface area contributed by atoms with Crippen molar-refractivity contribution in [3.05, 3.63) is 70.8 Å². The van der Waals surface area contributed by atoms with Gasteiger partial charge >= 0.3 is 0 Å². The number of thiol groups is 1. The van der Waals surface area contributed by atoms with Gasteiger partial charge in [0.1, 0.15) is 5.82 Å². The molecule has 1 N–H and O–H groups in total. The minimum absolute atomic E-state index is 0.684. The van der Waals surface area contributed by atoms with Crippen molar-refractivity contribution >= 4 is 18.3 Å². The largest absolute Gasteiger partial charge is 0.322 e. The molecule has 0 saturated heterocycles. The molecule has 0 saturated carbocycles. The highest BCUT2D eigenvalue weighted by Gasteiger charge is 2.19. The van der Waals surface area contributed by atoms with Gasteiger partial charge in [0.15, 0.2) is 0 Å². The van der Waals surface area contributed by atoms with E-state index >= 15 is 0 Å². The Morgan fingerprint density at radius 3 is 2.41 bits per heavy atom. The van der Waals surface area contributed by atoms with E-state index in [2.05, 4.69) is 68.7 Å². The average molecular weight is 448 g/mol. The monoisotopic (exact) mass is 447 g/mol. The lowest BCUT2D eigenvalue weighted by Gasteiger charge is -2.17. The molecular weight excluding hydrogens is 410 g/mol. The van der Waals surface area contributed by atoms with Crippen molar-refractivity contribution in [1.82, 2.24) is 9.55 Å². The molecule has 0 bridgehead atoms. The van der Waals surface area contributed by atoms with Gasteiger partial charge in [0.2, 0.25) is 0 Å². The Hall–Kier alpha value is -2.33. The number of nitrogens with zero attached hydrogens (tertiary/aromatic N) is 2. The van der Waals surface area contributed by atoms with Crippen molar-refractivity contribution in [3.8, 4) is 11.1 Å². The Morgan fingerprint density at radius 2 is 1.75 bits per heavy atom. The lowest BCUT2D eigenvalue weighted by atomic mass is 9.94. The number of unbranched alkanes of at least 4 members (excludes halogenated alkanes) is 1. The number of rotatable bonds is 11. The fraction of sp³-hybridized carbons (Fsp3) is 0.429. The molecule has 0 spiro atoms. The van der Waals surface area contributed by atoms with Crippen LogP contribution >= 0.6 is 12.6 Å². The average Bonchev–Trinajstić information content (AvgIpc) is 3.15. The lowest BCUT2D eigenvalue weighted by Crippen LogP contribution is -2.14. The van der Waals surface area contributed by atoms with E-state index in [1.54, 1.807) is 0 Å². The maximum absolute atomic E-state index is 8.61. The van der Waals surface area contributed by atoms with E-state index < -0.39 is 0 Å². The summed E-state index contributed by atoms with van der Waals surface area (Å²) in [7, 11) is 0. The highest BCUT2D eigenvalue weighted by Crippen LogP contribution is 2.31. The predicted molar refractivity (Wildman–Crippen MR) is 140 cm³/mol. The van der Waals surface area contributed by atoms with Crippen molar-refractivity contribution in [1.29, 1.82) is 5.41 Å². The molecule has 170 valence electrons. The Morgan fingerprint density at radius 1 is 0.969 bits per heavy atom. The summed E-state index contributed by atoms with van der Waals surface area (Å²) >= 11 is 4.71. The number of hydrogen-bond donors (Lipinski definition) is 2. The third-order valence-electron chi connectivity index (χ3n) is 6.07. The third kappa shape index (κ3) is 5.35. The molecule has 4 heteroatoms. The molecule has 2 aromatic carbocycles. The summed E-state index contributed by atoms with van der Waals surface area (Å²) < 4.78 is 2.30. The molecule has 3 nitrogen and oxygen atoms in total. The fourth-order valence-electron chi connectivity index (χ4n) is 4.36. The molecule has 1 aromatic heterocycles. The summed E-state index contributed by atoms with van der Waals surface area (Å²) in [6.07, 6.45) is 6.99. The molecule has 3 aromatic rings. The second-order valence-corrected chi connectivity index (χ2v) is 8.94. The van der Waals surface area contributed by atoms with Gasteiger partial charge in [-0.05, 0) is 60.4 Å². The van der Waals surface area contributed by atoms with Crippen molar-refractivity contribution < 1.29 is 0 Å². The maximum atomic E-state index is 8.61. The van der Waals surface area contributed by atoms with Crippen LogP contribution in [-0.2, 0) is 25.8 Å². The molecule has 3 rings (SSSR count). The molecule has 0 aliphatic rings. The number of benzene rings is 2. The van der Waals surface area contributed by atoms with Crippen LogP contribution in [0, 0.1) is 5.41 Å². The Labute approximate surface area is 199 Å². The first kappa shape index (κ1) is 24.3. The van der Waals surface area contributed by atoms with E-state index in [-0.39, 0.29) is 0 Å². The van der Waals surface area contributed by atoms with Crippen molar-refractivity contribution in [2.75, 3.05) is 0 Å². The summed E-state index contributed by atoms with van der Waals surface area (Å²) in [5, 5.41) is 8.61. The molecule has 0 aliphatic carbocycles. The summed E-state index contributed by atoms with van der Waals surface area (Å²) in [4.78, 5) is 5.96. The summed E-state index contributed by atoms with van der Waals surface area (Å²) in [5.74, 6) is 1.11. The Balaban J connectivity index is 2.07. The molecule has 32 heavy (non-hydrogen) atoms. The van der Waals surface area contributed by atoms with Crippen LogP contribution in [0.5, 0.6) is 0 Å². The van der Waals surface area contributed by atoms with Gasteiger partial charge in [-0.25, -0.2) is 4.98 Å². The highest BCUT2D eigenvalue weighted by molar-refractivity contribution is 7.80. The van der Waals surface area contributed by atoms with E-state index in [1.807, 2.05) is 6.07 Å². The quantitative estimate of drug-likeness (QED) is 0.231. The fourth-order valence-corrected chi connectivity index (χ4v) is 4.64. The molecule has 1 heterocycles. The normalized spacial score (nSPS) is 11.2. The van der Waals surface area contributed by atoms with Crippen molar-refractivity contribution in [2.45, 2.75) is 84.1 Å². The van der Waals surface area contributed by atoms with Crippen LogP contribution in [0.3, 0.4) is 0 Å². The Kier molecular flexibility index (Phi) is 8.75. The smallest absolute Gasteiger partial charge is 0.109 e. The van der Waals surface area contributed by atoms with Gasteiger partial charge in [-0.3, -0.25) is 0 Å². The first-order valence-electron chi connectivity index (χ1n) is 12.1. The van der Waals surface area contributed by atoms with E-state index in [1.165, 1.54) is 35.1 Å².